The first-order valence-corrected chi connectivity index (χ1v) is 20.0. The van der Waals surface area contributed by atoms with Gasteiger partial charge in [-0.05, 0) is 97.5 Å². The third-order valence-electron chi connectivity index (χ3n) is 12.8. The molecule has 10 rings (SSSR count). The molecule has 6 aromatic rings. The topological polar surface area (TPSA) is 142 Å². The number of nitrogens with zero attached hydrogens (tertiary/aromatic N) is 3. The molecule has 6 atom stereocenters. The molecular formula is C49H40N4O7. The summed E-state index contributed by atoms with van der Waals surface area (Å²) in [7, 11) is 1.47. The molecule has 60 heavy (non-hydrogen) atoms. The van der Waals surface area contributed by atoms with Crippen molar-refractivity contribution >= 4 is 52.2 Å². The van der Waals surface area contributed by atoms with Gasteiger partial charge in [0, 0.05) is 11.5 Å². The molecule has 11 nitrogen and oxygen atoms in total. The number of aryl methyl sites for hydroxylation is 1. The molecule has 1 saturated carbocycles. The molecule has 3 heterocycles. The van der Waals surface area contributed by atoms with Crippen molar-refractivity contribution < 1.29 is 33.4 Å². The van der Waals surface area contributed by atoms with Crippen molar-refractivity contribution in [2.24, 2.45) is 29.6 Å². The molecule has 298 valence electrons. The molecule has 2 N–H and O–H groups in total. The minimum atomic E-state index is -1.39. The van der Waals surface area contributed by atoms with Gasteiger partial charge in [-0.1, -0.05) is 90.0 Å². The van der Waals surface area contributed by atoms with Crippen molar-refractivity contribution in [3.05, 3.63) is 156 Å². The van der Waals surface area contributed by atoms with Gasteiger partial charge in [0.25, 0.3) is 11.8 Å². The Kier molecular flexibility index (Phi) is 8.78. The summed E-state index contributed by atoms with van der Waals surface area (Å²) in [4.78, 5) is 65.3. The van der Waals surface area contributed by atoms with E-state index in [1.807, 2.05) is 104 Å². The van der Waals surface area contributed by atoms with Crippen molar-refractivity contribution in [3.63, 3.8) is 0 Å². The Bertz CT molecular complexity index is 2740. The van der Waals surface area contributed by atoms with Crippen molar-refractivity contribution in [3.8, 4) is 23.0 Å². The van der Waals surface area contributed by atoms with E-state index in [0.29, 0.717) is 46.0 Å². The second kappa shape index (κ2) is 14.2. The molecule has 4 aliphatic rings. The minimum Gasteiger partial charge on any atom is -0.504 e. The van der Waals surface area contributed by atoms with E-state index in [4.69, 9.17) is 9.15 Å². The van der Waals surface area contributed by atoms with Crippen LogP contribution in [0.15, 0.2) is 143 Å². The molecule has 0 radical (unpaired) electrons. The van der Waals surface area contributed by atoms with E-state index in [-0.39, 0.29) is 29.7 Å². The molecular weight excluding hydrogens is 757 g/mol. The number of hydrazine groups is 1. The highest BCUT2D eigenvalue weighted by Gasteiger charge is 2.69. The van der Waals surface area contributed by atoms with Crippen LogP contribution in [0.1, 0.15) is 29.5 Å². The van der Waals surface area contributed by atoms with Crippen LogP contribution < -0.4 is 15.1 Å². The fraction of sp³-hybridized carbons (Fsp3) is 0.204. The molecule has 11 heteroatoms. The maximum absolute atomic E-state index is 15.3. The van der Waals surface area contributed by atoms with Crippen molar-refractivity contribution in [1.29, 1.82) is 0 Å². The number of amides is 4. The monoisotopic (exact) mass is 796 g/mol. The maximum Gasteiger partial charge on any atom is 0.260 e. The van der Waals surface area contributed by atoms with Crippen LogP contribution in [0, 0.1) is 36.5 Å². The first-order chi connectivity index (χ1) is 29.2. The highest BCUT2D eigenvalue weighted by molar-refractivity contribution is 6.22. The van der Waals surface area contributed by atoms with Crippen LogP contribution in [0.2, 0.25) is 0 Å². The molecule has 4 amide bonds. The number of benzene rings is 5. The summed E-state index contributed by atoms with van der Waals surface area (Å²) in [5.74, 6) is -4.25. The quantitative estimate of drug-likeness (QED) is 0.115. The minimum absolute atomic E-state index is 0.0154. The number of ether oxygens (including phenoxy) is 1. The first-order valence-electron chi connectivity index (χ1n) is 20.0. The number of methoxy groups -OCH3 is 1. The fourth-order valence-corrected chi connectivity index (χ4v) is 10.0. The number of aromatic hydroxyl groups is 1. The number of fused-ring (bicyclic) bond motifs is 5. The zero-order chi connectivity index (χ0) is 41.3. The Morgan fingerprint density at radius 3 is 2.35 bits per heavy atom. The molecule has 5 aromatic carbocycles. The Morgan fingerprint density at radius 2 is 1.60 bits per heavy atom. The van der Waals surface area contributed by atoms with E-state index >= 15 is 4.79 Å². The van der Waals surface area contributed by atoms with E-state index in [2.05, 4.69) is 10.4 Å². The smallest absolute Gasteiger partial charge is 0.260 e. The SMILES string of the molecule is COc1cc(C=C[C@H]2C3=CC[C@@H]4C(=O)N(c5ccc(-c6nc7ccccc7o6)cc5)C(=O)[C@@H]4[C@@H]3C[C@H]3C(=O)N(Nc4ccc(C)cc4)C(=O)[C@@]23c2ccccc2)ccc1O. The maximum atomic E-state index is 15.3. The van der Waals surface area contributed by atoms with Crippen LogP contribution in [0.3, 0.4) is 0 Å². The lowest BCUT2D eigenvalue weighted by atomic mass is 9.50. The van der Waals surface area contributed by atoms with Gasteiger partial charge in [-0.25, -0.2) is 4.98 Å². The highest BCUT2D eigenvalue weighted by Crippen LogP contribution is 2.61. The predicted molar refractivity (Wildman–Crippen MR) is 225 cm³/mol. The first kappa shape index (κ1) is 37.0. The second-order valence-corrected chi connectivity index (χ2v) is 16.0. The molecule has 1 aromatic heterocycles. The lowest BCUT2D eigenvalue weighted by molar-refractivity contribution is -0.139. The van der Waals surface area contributed by atoms with Crippen LogP contribution in [0.4, 0.5) is 11.4 Å². The van der Waals surface area contributed by atoms with Crippen molar-refractivity contribution in [2.75, 3.05) is 17.4 Å². The molecule has 2 aliphatic carbocycles. The number of hydrogen-bond donors (Lipinski definition) is 2. The average molecular weight is 797 g/mol. The summed E-state index contributed by atoms with van der Waals surface area (Å²) in [5.41, 5.74) is 8.09. The van der Waals surface area contributed by atoms with E-state index in [1.165, 1.54) is 18.1 Å². The Morgan fingerprint density at radius 1 is 0.850 bits per heavy atom. The summed E-state index contributed by atoms with van der Waals surface area (Å²) in [6, 6.07) is 36.4. The molecule has 3 fully saturated rings. The summed E-state index contributed by atoms with van der Waals surface area (Å²) >= 11 is 0. The Hall–Kier alpha value is -7.27. The zero-order valence-electron chi connectivity index (χ0n) is 32.8. The molecule has 2 saturated heterocycles. The van der Waals surface area contributed by atoms with Gasteiger partial charge in [-0.2, -0.15) is 5.01 Å². The molecule has 0 bridgehead atoms. The zero-order valence-corrected chi connectivity index (χ0v) is 32.8. The number of rotatable bonds is 8. The van der Waals surface area contributed by atoms with Gasteiger partial charge in [0.15, 0.2) is 17.1 Å². The normalized spacial score (nSPS) is 24.8. The number of carbonyl (C=O) groups is 4. The van der Waals surface area contributed by atoms with E-state index in [1.54, 1.807) is 36.4 Å². The number of nitrogens with one attached hydrogen (secondary N) is 1. The Balaban J connectivity index is 1.06. The number of allylic oxidation sites excluding steroid dienone is 3. The number of anilines is 2. The molecule has 0 unspecified atom stereocenters. The van der Waals surface area contributed by atoms with E-state index < -0.39 is 46.8 Å². The van der Waals surface area contributed by atoms with Crippen LogP contribution in [0.25, 0.3) is 28.6 Å². The third kappa shape index (κ3) is 5.67. The molecule has 2 aliphatic heterocycles. The summed E-state index contributed by atoms with van der Waals surface area (Å²) in [6.45, 7) is 1.96. The van der Waals surface area contributed by atoms with Crippen LogP contribution in [-0.2, 0) is 24.6 Å². The predicted octanol–water partition coefficient (Wildman–Crippen LogP) is 8.25. The summed E-state index contributed by atoms with van der Waals surface area (Å²) in [6.07, 6.45) is 6.30. The average Bonchev–Trinajstić information content (AvgIpc) is 3.89. The van der Waals surface area contributed by atoms with Crippen LogP contribution in [-0.4, -0.2) is 45.8 Å². The van der Waals surface area contributed by atoms with Crippen LogP contribution >= 0.6 is 0 Å². The van der Waals surface area contributed by atoms with Gasteiger partial charge in [0.05, 0.1) is 41.7 Å². The Labute approximate surface area is 345 Å². The van der Waals surface area contributed by atoms with Crippen LogP contribution in [0.5, 0.6) is 11.5 Å². The number of aromatic nitrogens is 1. The lowest BCUT2D eigenvalue weighted by Crippen LogP contribution is -2.54. The largest absolute Gasteiger partial charge is 0.504 e. The third-order valence-corrected chi connectivity index (χ3v) is 12.8. The van der Waals surface area contributed by atoms with Crippen molar-refractivity contribution in [2.45, 2.75) is 25.2 Å². The van der Waals surface area contributed by atoms with Gasteiger partial charge in [0.2, 0.25) is 17.7 Å². The number of oxazole rings is 1. The number of para-hydroxylation sites is 2. The number of phenols is 1. The number of phenolic OH excluding ortho intramolecular Hbond substituents is 1. The number of imide groups is 2. The van der Waals surface area contributed by atoms with Gasteiger partial charge < -0.3 is 14.3 Å². The van der Waals surface area contributed by atoms with Gasteiger partial charge in [-0.3, -0.25) is 29.5 Å². The fourth-order valence-electron chi connectivity index (χ4n) is 10.0. The summed E-state index contributed by atoms with van der Waals surface area (Å²) in [5, 5.41) is 11.5. The van der Waals surface area contributed by atoms with E-state index in [9.17, 15) is 19.5 Å². The number of hydrogen-bond acceptors (Lipinski definition) is 9. The van der Waals surface area contributed by atoms with E-state index in [0.717, 1.165) is 21.7 Å². The highest BCUT2D eigenvalue weighted by atomic mass is 16.5. The molecule has 0 spiro atoms. The second-order valence-electron chi connectivity index (χ2n) is 16.0. The van der Waals surface area contributed by atoms with Gasteiger partial charge in [-0.15, -0.1) is 0 Å². The van der Waals surface area contributed by atoms with Gasteiger partial charge >= 0.3 is 0 Å². The number of carbonyl (C=O) groups excluding carboxylic acids is 4. The van der Waals surface area contributed by atoms with Crippen molar-refractivity contribution in [1.82, 2.24) is 9.99 Å². The summed E-state index contributed by atoms with van der Waals surface area (Å²) < 4.78 is 11.4. The lowest BCUT2D eigenvalue weighted by Gasteiger charge is -2.49. The standard InChI is InChI=1S/C49H40N4O7/c1-28-12-18-32(19-13-28)51-53-46(56)38-27-36-34(37(24-14-29-15-25-40(54)42(26-29)59-2)49(38,48(53)58)31-8-4-3-5-9-31)22-23-35-43(36)47(57)52(45(35)55)33-20-16-30(17-21-33)44-50-39-10-6-7-11-41(39)60-44/h3-22,24-26,35-38,43,51,54H,23,27H2,1-2H3/t35-,36+,37-,38-,43-,49-/m0/s1. The van der Waals surface area contributed by atoms with Gasteiger partial charge in [0.1, 0.15) is 5.52 Å².